The molecule has 1 fully saturated rings. The molecule has 1 aliphatic rings. The smallest absolute Gasteiger partial charge is 0.410 e. The van der Waals surface area contributed by atoms with Crippen molar-refractivity contribution in [2.45, 2.75) is 58.1 Å². The Morgan fingerprint density at radius 1 is 1.43 bits per heavy atom. The highest BCUT2D eigenvalue weighted by atomic mass is 16.6. The van der Waals surface area contributed by atoms with E-state index in [1.807, 2.05) is 37.9 Å². The van der Waals surface area contributed by atoms with Gasteiger partial charge in [-0.3, -0.25) is 4.98 Å². The third-order valence-corrected chi connectivity index (χ3v) is 3.79. The maximum atomic E-state index is 12.2. The fourth-order valence-electron chi connectivity index (χ4n) is 2.71. The molecule has 1 saturated heterocycles. The molecule has 0 aliphatic carbocycles. The zero-order valence-corrected chi connectivity index (χ0v) is 14.5. The van der Waals surface area contributed by atoms with E-state index in [1.54, 1.807) is 6.20 Å². The van der Waals surface area contributed by atoms with Crippen LogP contribution in [0.25, 0.3) is 0 Å². The number of likely N-dealkylation sites (tertiary alicyclic amines) is 1. The van der Waals surface area contributed by atoms with Gasteiger partial charge in [-0.15, -0.1) is 0 Å². The molecule has 5 nitrogen and oxygen atoms in total. The SMILES string of the molecule is CC(C)(C)OC(=O)N1CCC[C@H]1COCCCc1cccnc1. The van der Waals surface area contributed by atoms with Gasteiger partial charge in [0.1, 0.15) is 5.60 Å². The van der Waals surface area contributed by atoms with Gasteiger partial charge in [0.25, 0.3) is 0 Å². The summed E-state index contributed by atoms with van der Waals surface area (Å²) in [5, 5.41) is 0. The van der Waals surface area contributed by atoms with Gasteiger partial charge in [-0.2, -0.15) is 0 Å². The Balaban J connectivity index is 1.67. The van der Waals surface area contributed by atoms with E-state index >= 15 is 0 Å². The molecule has 0 N–H and O–H groups in total. The van der Waals surface area contributed by atoms with Gasteiger partial charge in [0.2, 0.25) is 0 Å². The first kappa shape index (κ1) is 17.7. The summed E-state index contributed by atoms with van der Waals surface area (Å²) in [7, 11) is 0. The normalized spacial score (nSPS) is 18.2. The molecule has 2 heterocycles. The summed E-state index contributed by atoms with van der Waals surface area (Å²) in [6.07, 6.45) is 7.38. The van der Waals surface area contributed by atoms with Crippen LogP contribution in [0.3, 0.4) is 0 Å². The van der Waals surface area contributed by atoms with Crippen molar-refractivity contribution in [3.63, 3.8) is 0 Å². The highest BCUT2D eigenvalue weighted by Gasteiger charge is 2.32. The van der Waals surface area contributed by atoms with Gasteiger partial charge < -0.3 is 14.4 Å². The van der Waals surface area contributed by atoms with Crippen LogP contribution < -0.4 is 0 Å². The lowest BCUT2D eigenvalue weighted by Crippen LogP contribution is -2.41. The summed E-state index contributed by atoms with van der Waals surface area (Å²) in [6.45, 7) is 7.74. The summed E-state index contributed by atoms with van der Waals surface area (Å²) in [4.78, 5) is 18.1. The standard InChI is InChI=1S/C18H28N2O3/c1-18(2,3)23-17(21)20-11-5-9-16(20)14-22-12-6-8-15-7-4-10-19-13-15/h4,7,10,13,16H,5-6,8-9,11-12,14H2,1-3H3/t16-/m0/s1. The zero-order chi connectivity index (χ0) is 16.7. The Labute approximate surface area is 139 Å². The molecule has 0 unspecified atom stereocenters. The molecule has 0 radical (unpaired) electrons. The average molecular weight is 320 g/mol. The van der Waals surface area contributed by atoms with Crippen molar-refractivity contribution in [1.29, 1.82) is 0 Å². The molecule has 1 aromatic rings. The van der Waals surface area contributed by atoms with Crippen LogP contribution in [-0.2, 0) is 15.9 Å². The van der Waals surface area contributed by atoms with Gasteiger partial charge in [0.05, 0.1) is 12.6 Å². The molecule has 0 bridgehead atoms. The summed E-state index contributed by atoms with van der Waals surface area (Å²) in [5.74, 6) is 0. The number of ether oxygens (including phenoxy) is 2. The first-order chi connectivity index (χ1) is 11.0. The summed E-state index contributed by atoms with van der Waals surface area (Å²) >= 11 is 0. The third-order valence-electron chi connectivity index (χ3n) is 3.79. The maximum absolute atomic E-state index is 12.2. The van der Waals surface area contributed by atoms with Crippen molar-refractivity contribution >= 4 is 6.09 Å². The van der Waals surface area contributed by atoms with Crippen molar-refractivity contribution < 1.29 is 14.3 Å². The van der Waals surface area contributed by atoms with Crippen LogP contribution in [0, 0.1) is 0 Å². The fraction of sp³-hybridized carbons (Fsp3) is 0.667. The lowest BCUT2D eigenvalue weighted by Gasteiger charge is -2.28. The summed E-state index contributed by atoms with van der Waals surface area (Å²) < 4.78 is 11.2. The van der Waals surface area contributed by atoms with E-state index in [4.69, 9.17) is 9.47 Å². The minimum atomic E-state index is -0.450. The molecule has 5 heteroatoms. The molecule has 0 aromatic carbocycles. The topological polar surface area (TPSA) is 51.7 Å². The highest BCUT2D eigenvalue weighted by Crippen LogP contribution is 2.21. The minimum Gasteiger partial charge on any atom is -0.444 e. The lowest BCUT2D eigenvalue weighted by atomic mass is 10.2. The minimum absolute atomic E-state index is 0.142. The Morgan fingerprint density at radius 3 is 2.96 bits per heavy atom. The third kappa shape index (κ3) is 6.18. The van der Waals surface area contributed by atoms with Crippen LogP contribution in [0.4, 0.5) is 4.79 Å². The number of aromatic nitrogens is 1. The number of amides is 1. The second-order valence-electron chi connectivity index (χ2n) is 7.01. The van der Waals surface area contributed by atoms with Crippen LogP contribution in [0.15, 0.2) is 24.5 Å². The first-order valence-corrected chi connectivity index (χ1v) is 8.42. The van der Waals surface area contributed by atoms with Crippen molar-refractivity contribution in [1.82, 2.24) is 9.88 Å². The largest absolute Gasteiger partial charge is 0.444 e. The van der Waals surface area contributed by atoms with Crippen molar-refractivity contribution in [2.75, 3.05) is 19.8 Å². The average Bonchev–Trinajstić information content (AvgIpc) is 2.95. The van der Waals surface area contributed by atoms with E-state index < -0.39 is 5.60 Å². The first-order valence-electron chi connectivity index (χ1n) is 8.42. The molecule has 0 saturated carbocycles. The molecular weight excluding hydrogens is 292 g/mol. The van der Waals surface area contributed by atoms with Crippen LogP contribution in [0.5, 0.6) is 0 Å². The number of pyridine rings is 1. The molecule has 1 atom stereocenters. The number of nitrogens with zero attached hydrogens (tertiary/aromatic N) is 2. The van der Waals surface area contributed by atoms with Crippen molar-refractivity contribution in [2.24, 2.45) is 0 Å². The number of rotatable bonds is 6. The van der Waals surface area contributed by atoms with Crippen molar-refractivity contribution in [3.05, 3.63) is 30.1 Å². The van der Waals surface area contributed by atoms with Gasteiger partial charge in [-0.25, -0.2) is 4.79 Å². The Morgan fingerprint density at radius 2 is 2.26 bits per heavy atom. The number of hydrogen-bond acceptors (Lipinski definition) is 4. The molecule has 23 heavy (non-hydrogen) atoms. The fourth-order valence-corrected chi connectivity index (χ4v) is 2.71. The van der Waals surface area contributed by atoms with Crippen LogP contribution in [-0.4, -0.2) is 47.4 Å². The Hall–Kier alpha value is -1.62. The van der Waals surface area contributed by atoms with Gasteiger partial charge in [0.15, 0.2) is 0 Å². The van der Waals surface area contributed by atoms with E-state index in [0.29, 0.717) is 13.2 Å². The second-order valence-corrected chi connectivity index (χ2v) is 7.01. The number of hydrogen-bond donors (Lipinski definition) is 0. The van der Waals surface area contributed by atoms with Gasteiger partial charge in [-0.1, -0.05) is 6.07 Å². The molecule has 1 amide bonds. The number of carbonyl (C=O) groups is 1. The van der Waals surface area contributed by atoms with E-state index in [-0.39, 0.29) is 12.1 Å². The molecule has 1 aliphatic heterocycles. The summed E-state index contributed by atoms with van der Waals surface area (Å²) in [5.41, 5.74) is 0.779. The molecule has 128 valence electrons. The maximum Gasteiger partial charge on any atom is 0.410 e. The van der Waals surface area contributed by atoms with E-state index in [2.05, 4.69) is 11.1 Å². The number of carbonyl (C=O) groups excluding carboxylic acids is 1. The van der Waals surface area contributed by atoms with E-state index in [9.17, 15) is 4.79 Å². The molecule has 1 aromatic heterocycles. The van der Waals surface area contributed by atoms with Gasteiger partial charge >= 0.3 is 6.09 Å². The highest BCUT2D eigenvalue weighted by molar-refractivity contribution is 5.68. The second kappa shape index (κ2) is 8.29. The zero-order valence-electron chi connectivity index (χ0n) is 14.5. The predicted octanol–water partition coefficient (Wildman–Crippen LogP) is 3.43. The molecule has 2 rings (SSSR count). The predicted molar refractivity (Wildman–Crippen MR) is 89.3 cm³/mol. The van der Waals surface area contributed by atoms with Crippen LogP contribution in [0.2, 0.25) is 0 Å². The lowest BCUT2D eigenvalue weighted by molar-refractivity contribution is 0.0105. The van der Waals surface area contributed by atoms with Crippen molar-refractivity contribution in [3.8, 4) is 0 Å². The molecule has 0 spiro atoms. The van der Waals surface area contributed by atoms with E-state index in [1.165, 1.54) is 5.56 Å². The monoisotopic (exact) mass is 320 g/mol. The number of aryl methyl sites for hydroxylation is 1. The van der Waals surface area contributed by atoms with Gasteiger partial charge in [0, 0.05) is 25.5 Å². The van der Waals surface area contributed by atoms with E-state index in [0.717, 1.165) is 32.2 Å². The summed E-state index contributed by atoms with van der Waals surface area (Å²) in [6, 6.07) is 4.17. The molecular formula is C18H28N2O3. The Kier molecular flexibility index (Phi) is 6.39. The van der Waals surface area contributed by atoms with Crippen LogP contribution in [0.1, 0.15) is 45.6 Å². The van der Waals surface area contributed by atoms with Gasteiger partial charge in [-0.05, 0) is 58.1 Å². The van der Waals surface area contributed by atoms with Crippen LogP contribution >= 0.6 is 0 Å². The Bertz CT molecular complexity index is 485. The quantitative estimate of drug-likeness (QED) is 0.754.